The van der Waals surface area contributed by atoms with Crippen LogP contribution >= 0.6 is 11.8 Å². The third kappa shape index (κ3) is 2.70. The second kappa shape index (κ2) is 5.33. The Kier molecular flexibility index (Phi) is 3.97. The molecule has 1 unspecified atom stereocenters. The van der Waals surface area contributed by atoms with Crippen molar-refractivity contribution in [3.63, 3.8) is 0 Å². The molecule has 1 fully saturated rings. The van der Waals surface area contributed by atoms with Crippen LogP contribution in [0.3, 0.4) is 0 Å². The van der Waals surface area contributed by atoms with Gasteiger partial charge in [0.1, 0.15) is 0 Å². The van der Waals surface area contributed by atoms with Crippen molar-refractivity contribution < 1.29 is 9.90 Å². The molecule has 1 heterocycles. The van der Waals surface area contributed by atoms with E-state index in [9.17, 15) is 9.90 Å². The van der Waals surface area contributed by atoms with Crippen LogP contribution in [0.25, 0.3) is 0 Å². The van der Waals surface area contributed by atoms with E-state index in [1.54, 1.807) is 11.8 Å². The summed E-state index contributed by atoms with van der Waals surface area (Å²) in [4.78, 5) is 14.7. The van der Waals surface area contributed by atoms with Gasteiger partial charge in [-0.2, -0.15) is 0 Å². The third-order valence-corrected chi connectivity index (χ3v) is 4.49. The van der Waals surface area contributed by atoms with Crippen LogP contribution in [0.15, 0.2) is 29.2 Å². The fourth-order valence-corrected chi connectivity index (χ4v) is 3.05. The van der Waals surface area contributed by atoms with Gasteiger partial charge < -0.3 is 5.11 Å². The number of thioether (sulfide) groups is 1. The summed E-state index contributed by atoms with van der Waals surface area (Å²) in [7, 11) is 0. The first-order valence-corrected chi connectivity index (χ1v) is 7.35. The van der Waals surface area contributed by atoms with Gasteiger partial charge in [-0.25, -0.2) is 0 Å². The van der Waals surface area contributed by atoms with Crippen molar-refractivity contribution in [2.24, 2.45) is 5.41 Å². The maximum absolute atomic E-state index is 11.2. The van der Waals surface area contributed by atoms with Gasteiger partial charge in [-0.1, -0.05) is 18.2 Å². The van der Waals surface area contributed by atoms with Gasteiger partial charge in [0.05, 0.1) is 5.41 Å². The van der Waals surface area contributed by atoms with Crippen molar-refractivity contribution in [1.82, 2.24) is 4.90 Å². The second-order valence-electron chi connectivity index (χ2n) is 5.14. The lowest BCUT2D eigenvalue weighted by Gasteiger charge is -2.20. The molecule has 0 saturated carbocycles. The van der Waals surface area contributed by atoms with Crippen LogP contribution in [0.1, 0.15) is 18.9 Å². The van der Waals surface area contributed by atoms with E-state index in [1.165, 1.54) is 10.5 Å². The van der Waals surface area contributed by atoms with Crippen LogP contribution < -0.4 is 0 Å². The largest absolute Gasteiger partial charge is 0.481 e. The molecular weight excluding hydrogens is 246 g/mol. The number of hydrogen-bond donors (Lipinski definition) is 1. The summed E-state index contributed by atoms with van der Waals surface area (Å²) in [6.07, 6.45) is 2.81. The first-order valence-electron chi connectivity index (χ1n) is 6.13. The molecule has 0 bridgehead atoms. The van der Waals surface area contributed by atoms with Crippen LogP contribution in [0, 0.1) is 5.41 Å². The topological polar surface area (TPSA) is 40.5 Å². The highest BCUT2D eigenvalue weighted by molar-refractivity contribution is 7.98. The van der Waals surface area contributed by atoms with Crippen LogP contribution in [-0.4, -0.2) is 35.3 Å². The van der Waals surface area contributed by atoms with Crippen molar-refractivity contribution in [3.8, 4) is 0 Å². The molecule has 0 aromatic heterocycles. The van der Waals surface area contributed by atoms with E-state index in [-0.39, 0.29) is 0 Å². The molecule has 1 aromatic rings. The summed E-state index contributed by atoms with van der Waals surface area (Å²) in [6, 6.07) is 8.33. The molecule has 1 aliphatic rings. The lowest BCUT2D eigenvalue weighted by atomic mass is 9.90. The number of carboxylic acids is 1. The van der Waals surface area contributed by atoms with Gasteiger partial charge in [-0.3, -0.25) is 9.69 Å². The van der Waals surface area contributed by atoms with Crippen LogP contribution in [0.2, 0.25) is 0 Å². The van der Waals surface area contributed by atoms with Crippen molar-refractivity contribution in [2.45, 2.75) is 24.8 Å². The maximum atomic E-state index is 11.2. The smallest absolute Gasteiger partial charge is 0.310 e. The number of aliphatic carboxylic acids is 1. The van der Waals surface area contributed by atoms with Gasteiger partial charge in [0.2, 0.25) is 0 Å². The Balaban J connectivity index is 2.06. The average molecular weight is 265 g/mol. The Labute approximate surface area is 112 Å². The number of carboxylic acid groups (broad SMARTS) is 1. The van der Waals surface area contributed by atoms with Crippen LogP contribution in [-0.2, 0) is 11.3 Å². The fraction of sp³-hybridized carbons (Fsp3) is 0.500. The van der Waals surface area contributed by atoms with E-state index in [1.807, 2.05) is 19.1 Å². The highest BCUT2D eigenvalue weighted by atomic mass is 32.2. The summed E-state index contributed by atoms with van der Waals surface area (Å²) >= 11 is 1.74. The number of rotatable bonds is 4. The number of likely N-dealkylation sites (tertiary alicyclic amines) is 1. The van der Waals surface area contributed by atoms with Crippen LogP contribution in [0.5, 0.6) is 0 Å². The molecule has 1 aliphatic heterocycles. The number of benzene rings is 1. The number of hydrogen-bond acceptors (Lipinski definition) is 3. The molecule has 1 atom stereocenters. The Hall–Kier alpha value is -1.00. The number of nitrogens with zero attached hydrogens (tertiary/aromatic N) is 1. The van der Waals surface area contributed by atoms with E-state index in [2.05, 4.69) is 23.3 Å². The SMILES string of the molecule is CSc1ccccc1CN1CCC(C)(C(=O)O)C1. The molecule has 1 aromatic carbocycles. The van der Waals surface area contributed by atoms with Gasteiger partial charge in [0, 0.05) is 18.0 Å². The van der Waals surface area contributed by atoms with Gasteiger partial charge in [0.25, 0.3) is 0 Å². The highest BCUT2D eigenvalue weighted by Crippen LogP contribution is 2.32. The fourth-order valence-electron chi connectivity index (χ4n) is 2.44. The standard InChI is InChI=1S/C14H19NO2S/c1-14(13(16)17)7-8-15(10-14)9-11-5-3-4-6-12(11)18-2/h3-6H,7-10H2,1-2H3,(H,16,17). The van der Waals surface area contributed by atoms with Gasteiger partial charge in [0.15, 0.2) is 0 Å². The summed E-state index contributed by atoms with van der Waals surface area (Å²) in [5.74, 6) is -0.678. The maximum Gasteiger partial charge on any atom is 0.310 e. The van der Waals surface area contributed by atoms with E-state index >= 15 is 0 Å². The molecule has 3 nitrogen and oxygen atoms in total. The zero-order chi connectivity index (χ0) is 13.2. The first kappa shape index (κ1) is 13.4. The van der Waals surface area contributed by atoms with Crippen molar-refractivity contribution in [2.75, 3.05) is 19.3 Å². The Morgan fingerprint density at radius 1 is 1.50 bits per heavy atom. The summed E-state index contributed by atoms with van der Waals surface area (Å²) in [5, 5.41) is 9.23. The van der Waals surface area contributed by atoms with E-state index in [4.69, 9.17) is 0 Å². The molecule has 0 radical (unpaired) electrons. The molecule has 1 saturated heterocycles. The highest BCUT2D eigenvalue weighted by Gasteiger charge is 2.40. The van der Waals surface area contributed by atoms with Crippen molar-refractivity contribution in [3.05, 3.63) is 29.8 Å². The molecule has 4 heteroatoms. The molecule has 1 N–H and O–H groups in total. The Morgan fingerprint density at radius 2 is 2.22 bits per heavy atom. The molecule has 0 amide bonds. The minimum atomic E-state index is -0.678. The normalized spacial score (nSPS) is 24.3. The predicted octanol–water partition coefficient (Wildman–Crippen LogP) is 2.71. The lowest BCUT2D eigenvalue weighted by molar-refractivity contribution is -0.147. The minimum absolute atomic E-state index is 0.575. The van der Waals surface area contributed by atoms with Gasteiger partial charge >= 0.3 is 5.97 Å². The van der Waals surface area contributed by atoms with Gasteiger partial charge in [-0.05, 0) is 37.8 Å². The monoisotopic (exact) mass is 265 g/mol. The zero-order valence-corrected chi connectivity index (χ0v) is 11.7. The average Bonchev–Trinajstić information content (AvgIpc) is 2.73. The quantitative estimate of drug-likeness (QED) is 0.850. The van der Waals surface area contributed by atoms with E-state index in [0.29, 0.717) is 6.54 Å². The van der Waals surface area contributed by atoms with E-state index in [0.717, 1.165) is 19.5 Å². The van der Waals surface area contributed by atoms with Crippen molar-refractivity contribution >= 4 is 17.7 Å². The minimum Gasteiger partial charge on any atom is -0.481 e. The Bertz CT molecular complexity index is 449. The molecule has 0 spiro atoms. The van der Waals surface area contributed by atoms with Crippen molar-refractivity contribution in [1.29, 1.82) is 0 Å². The zero-order valence-electron chi connectivity index (χ0n) is 10.8. The summed E-state index contributed by atoms with van der Waals surface area (Å²) in [6.45, 7) is 4.20. The van der Waals surface area contributed by atoms with Crippen LogP contribution in [0.4, 0.5) is 0 Å². The lowest BCUT2D eigenvalue weighted by Crippen LogP contribution is -2.31. The summed E-state index contributed by atoms with van der Waals surface area (Å²) in [5.41, 5.74) is 0.716. The molecule has 0 aliphatic carbocycles. The number of carbonyl (C=O) groups is 1. The summed E-state index contributed by atoms with van der Waals surface area (Å²) < 4.78 is 0. The van der Waals surface area contributed by atoms with Gasteiger partial charge in [-0.15, -0.1) is 11.8 Å². The molecular formula is C14H19NO2S. The van der Waals surface area contributed by atoms with E-state index < -0.39 is 11.4 Å². The molecule has 2 rings (SSSR count). The third-order valence-electron chi connectivity index (χ3n) is 3.66. The second-order valence-corrected chi connectivity index (χ2v) is 5.99. The Morgan fingerprint density at radius 3 is 2.83 bits per heavy atom. The predicted molar refractivity (Wildman–Crippen MR) is 73.9 cm³/mol. The molecule has 98 valence electrons. The molecule has 18 heavy (non-hydrogen) atoms. The first-order chi connectivity index (χ1) is 8.55.